The Bertz CT molecular complexity index is 575. The van der Waals surface area contributed by atoms with Gasteiger partial charge in [0.15, 0.2) is 5.16 Å². The zero-order valence-electron chi connectivity index (χ0n) is 9.99. The van der Waals surface area contributed by atoms with Crippen LogP contribution < -0.4 is 0 Å². The third kappa shape index (κ3) is 1.68. The molecule has 0 bridgehead atoms. The Hall–Kier alpha value is -0.960. The number of hydrogen-bond acceptors (Lipinski definition) is 2. The maximum absolute atomic E-state index is 4.65. The van der Waals surface area contributed by atoms with Gasteiger partial charge < -0.3 is 4.98 Å². The van der Waals surface area contributed by atoms with E-state index in [9.17, 15) is 0 Å². The van der Waals surface area contributed by atoms with Crippen molar-refractivity contribution in [1.82, 2.24) is 9.97 Å². The first kappa shape index (κ1) is 10.0. The molecule has 2 aromatic rings. The van der Waals surface area contributed by atoms with E-state index in [-0.39, 0.29) is 0 Å². The molecule has 3 heteroatoms. The zero-order chi connectivity index (χ0) is 11.5. The second-order valence-corrected chi connectivity index (χ2v) is 7.00. The maximum Gasteiger partial charge on any atom is 0.166 e. The van der Waals surface area contributed by atoms with Crippen LogP contribution in [0, 0.1) is 12.3 Å². The first-order chi connectivity index (χ1) is 8.22. The minimum atomic E-state index is 0.792. The largest absolute Gasteiger partial charge is 0.333 e. The molecule has 1 N–H and O–H groups in total. The lowest BCUT2D eigenvalue weighted by Gasteiger charge is -2.34. The molecular weight excluding hydrogens is 228 g/mol. The van der Waals surface area contributed by atoms with Gasteiger partial charge in [0.25, 0.3) is 0 Å². The minimum absolute atomic E-state index is 0.792. The Balaban J connectivity index is 1.55. The number of benzene rings is 1. The highest BCUT2D eigenvalue weighted by molar-refractivity contribution is 7.99. The van der Waals surface area contributed by atoms with Crippen LogP contribution >= 0.6 is 11.8 Å². The fourth-order valence-corrected chi connectivity index (χ4v) is 4.40. The molecule has 2 fully saturated rings. The first-order valence-electron chi connectivity index (χ1n) is 6.36. The molecule has 1 aromatic carbocycles. The van der Waals surface area contributed by atoms with Gasteiger partial charge in [-0.15, -0.1) is 0 Å². The average molecular weight is 244 g/mol. The summed E-state index contributed by atoms with van der Waals surface area (Å²) < 4.78 is 0. The SMILES string of the molecule is Cc1ccc2nc(SC3CC4(CC4)C3)[nH]c2c1. The lowest BCUT2D eigenvalue weighted by atomic mass is 9.81. The van der Waals surface area contributed by atoms with Crippen molar-refractivity contribution in [3.63, 3.8) is 0 Å². The third-order valence-corrected chi connectivity index (χ3v) is 5.26. The van der Waals surface area contributed by atoms with Crippen molar-refractivity contribution < 1.29 is 0 Å². The van der Waals surface area contributed by atoms with Crippen molar-refractivity contribution in [2.24, 2.45) is 5.41 Å². The fourth-order valence-electron chi connectivity index (χ4n) is 2.89. The van der Waals surface area contributed by atoms with Gasteiger partial charge in [0.1, 0.15) is 0 Å². The molecule has 0 unspecified atom stereocenters. The van der Waals surface area contributed by atoms with Gasteiger partial charge in [-0.1, -0.05) is 17.8 Å². The summed E-state index contributed by atoms with van der Waals surface area (Å²) in [6, 6.07) is 6.41. The molecule has 17 heavy (non-hydrogen) atoms. The van der Waals surface area contributed by atoms with Crippen LogP contribution in [-0.2, 0) is 0 Å². The third-order valence-electron chi connectivity index (χ3n) is 4.17. The highest BCUT2D eigenvalue weighted by Crippen LogP contribution is 2.64. The number of thioether (sulfide) groups is 1. The molecule has 2 saturated carbocycles. The summed E-state index contributed by atoms with van der Waals surface area (Å²) in [6.07, 6.45) is 5.77. The molecule has 1 aromatic heterocycles. The van der Waals surface area contributed by atoms with E-state index in [0.717, 1.165) is 21.3 Å². The molecule has 0 amide bonds. The summed E-state index contributed by atoms with van der Waals surface area (Å²) >= 11 is 1.94. The molecule has 88 valence electrons. The molecule has 2 nitrogen and oxygen atoms in total. The van der Waals surface area contributed by atoms with Crippen LogP contribution in [0.4, 0.5) is 0 Å². The molecule has 1 heterocycles. The van der Waals surface area contributed by atoms with Crippen molar-refractivity contribution in [1.29, 1.82) is 0 Å². The number of H-pyrrole nitrogens is 1. The number of rotatable bonds is 2. The summed E-state index contributed by atoms with van der Waals surface area (Å²) in [5, 5.41) is 1.91. The van der Waals surface area contributed by atoms with Gasteiger partial charge in [0.2, 0.25) is 0 Å². The molecule has 1 spiro atoms. The lowest BCUT2D eigenvalue weighted by molar-refractivity contribution is 0.302. The van der Waals surface area contributed by atoms with Crippen molar-refractivity contribution in [2.45, 2.75) is 43.0 Å². The highest BCUT2D eigenvalue weighted by Gasteiger charge is 2.53. The standard InChI is InChI=1S/C14H16N2S/c1-9-2-3-11-12(6-9)16-13(15-11)17-10-7-14(8-10)4-5-14/h2-3,6,10H,4-5,7-8H2,1H3,(H,15,16). The number of aryl methyl sites for hydroxylation is 1. The van der Waals surface area contributed by atoms with Gasteiger partial charge in [0, 0.05) is 5.25 Å². The Morgan fingerprint density at radius 1 is 1.35 bits per heavy atom. The highest BCUT2D eigenvalue weighted by atomic mass is 32.2. The van der Waals surface area contributed by atoms with Gasteiger partial charge in [-0.25, -0.2) is 4.98 Å². The van der Waals surface area contributed by atoms with Crippen molar-refractivity contribution in [3.8, 4) is 0 Å². The van der Waals surface area contributed by atoms with Crippen LogP contribution in [0.1, 0.15) is 31.2 Å². The number of imidazole rings is 1. The smallest absolute Gasteiger partial charge is 0.166 e. The lowest BCUT2D eigenvalue weighted by Crippen LogP contribution is -2.27. The predicted molar refractivity (Wildman–Crippen MR) is 71.4 cm³/mol. The Labute approximate surface area is 105 Å². The van der Waals surface area contributed by atoms with E-state index in [1.807, 2.05) is 11.8 Å². The number of aromatic nitrogens is 2. The van der Waals surface area contributed by atoms with Gasteiger partial charge in [-0.05, 0) is 55.7 Å². The van der Waals surface area contributed by atoms with E-state index in [0.29, 0.717) is 0 Å². The number of aromatic amines is 1. The molecule has 2 aliphatic rings. The van der Waals surface area contributed by atoms with Gasteiger partial charge in [0.05, 0.1) is 11.0 Å². The number of nitrogens with zero attached hydrogens (tertiary/aromatic N) is 1. The average Bonchev–Trinajstić information content (AvgIpc) is 2.92. The van der Waals surface area contributed by atoms with E-state index >= 15 is 0 Å². The summed E-state index contributed by atoms with van der Waals surface area (Å²) in [5.41, 5.74) is 4.35. The van der Waals surface area contributed by atoms with Crippen LogP contribution in [0.3, 0.4) is 0 Å². The quantitative estimate of drug-likeness (QED) is 0.867. The minimum Gasteiger partial charge on any atom is -0.333 e. The molecule has 4 rings (SSSR count). The Morgan fingerprint density at radius 3 is 2.94 bits per heavy atom. The van der Waals surface area contributed by atoms with E-state index in [2.05, 4.69) is 35.1 Å². The van der Waals surface area contributed by atoms with Crippen molar-refractivity contribution >= 4 is 22.8 Å². The number of fused-ring (bicyclic) bond motifs is 1. The molecule has 0 radical (unpaired) electrons. The molecule has 0 saturated heterocycles. The fraction of sp³-hybridized carbons (Fsp3) is 0.500. The van der Waals surface area contributed by atoms with Crippen LogP contribution in [0.5, 0.6) is 0 Å². The normalized spacial score (nSPS) is 21.9. The van der Waals surface area contributed by atoms with Crippen LogP contribution in [0.15, 0.2) is 23.4 Å². The second-order valence-electron chi connectivity index (χ2n) is 5.71. The van der Waals surface area contributed by atoms with Crippen LogP contribution in [0.2, 0.25) is 0 Å². The zero-order valence-corrected chi connectivity index (χ0v) is 10.8. The van der Waals surface area contributed by atoms with Gasteiger partial charge in [-0.3, -0.25) is 0 Å². The second kappa shape index (κ2) is 3.29. The van der Waals surface area contributed by atoms with Gasteiger partial charge >= 0.3 is 0 Å². The number of hydrogen-bond donors (Lipinski definition) is 1. The van der Waals surface area contributed by atoms with E-state index in [1.54, 1.807) is 0 Å². The maximum atomic E-state index is 4.65. The molecule has 0 atom stereocenters. The molecule has 2 aliphatic carbocycles. The first-order valence-corrected chi connectivity index (χ1v) is 7.24. The van der Waals surface area contributed by atoms with E-state index in [1.165, 1.54) is 36.8 Å². The van der Waals surface area contributed by atoms with E-state index in [4.69, 9.17) is 0 Å². The monoisotopic (exact) mass is 244 g/mol. The summed E-state index contributed by atoms with van der Waals surface area (Å²) in [5.74, 6) is 0. The van der Waals surface area contributed by atoms with Gasteiger partial charge in [-0.2, -0.15) is 0 Å². The molecule has 0 aliphatic heterocycles. The summed E-state index contributed by atoms with van der Waals surface area (Å²) in [6.45, 7) is 2.12. The van der Waals surface area contributed by atoms with Crippen LogP contribution in [-0.4, -0.2) is 15.2 Å². The van der Waals surface area contributed by atoms with E-state index < -0.39 is 0 Å². The topological polar surface area (TPSA) is 28.7 Å². The summed E-state index contributed by atoms with van der Waals surface area (Å²) in [7, 11) is 0. The number of nitrogens with one attached hydrogen (secondary N) is 1. The Kier molecular flexibility index (Phi) is 1.93. The predicted octanol–water partition coefficient (Wildman–Crippen LogP) is 3.91. The summed E-state index contributed by atoms with van der Waals surface area (Å²) in [4.78, 5) is 8.09. The van der Waals surface area contributed by atoms with Crippen molar-refractivity contribution in [3.05, 3.63) is 23.8 Å². The molecular formula is C14H16N2S. The van der Waals surface area contributed by atoms with Crippen LogP contribution in [0.25, 0.3) is 11.0 Å². The Morgan fingerprint density at radius 2 is 2.18 bits per heavy atom. The van der Waals surface area contributed by atoms with Crippen molar-refractivity contribution in [2.75, 3.05) is 0 Å².